The molecule has 0 aliphatic heterocycles. The summed E-state index contributed by atoms with van der Waals surface area (Å²) in [4.78, 5) is 24.7. The normalized spacial score (nSPS) is 11.7. The van der Waals surface area contributed by atoms with Crippen LogP contribution in [0.2, 0.25) is 0 Å². The highest BCUT2D eigenvalue weighted by molar-refractivity contribution is 14.1. The van der Waals surface area contributed by atoms with Crippen molar-refractivity contribution in [3.63, 3.8) is 0 Å². The van der Waals surface area contributed by atoms with Crippen LogP contribution in [0.1, 0.15) is 38.1 Å². The Bertz CT molecular complexity index is 757. The van der Waals surface area contributed by atoms with Crippen LogP contribution in [0.5, 0.6) is 0 Å². The van der Waals surface area contributed by atoms with Crippen LogP contribution in [0.4, 0.5) is 0 Å². The van der Waals surface area contributed by atoms with Crippen molar-refractivity contribution in [3.8, 4) is 0 Å². The number of hydrogen-bond acceptors (Lipinski definition) is 2. The molecule has 2 aromatic rings. The van der Waals surface area contributed by atoms with Crippen LogP contribution in [0, 0.1) is 3.57 Å². The van der Waals surface area contributed by atoms with Gasteiger partial charge in [0.2, 0.25) is 5.43 Å². The number of halogens is 1. The van der Waals surface area contributed by atoms with Gasteiger partial charge in [-0.15, -0.1) is 0 Å². The summed E-state index contributed by atoms with van der Waals surface area (Å²) < 4.78 is 2.97. The number of aromatic nitrogens is 1. The maximum atomic E-state index is 12.6. The van der Waals surface area contributed by atoms with E-state index >= 15 is 0 Å². The van der Waals surface area contributed by atoms with Gasteiger partial charge in [0.25, 0.3) is 5.91 Å². The van der Waals surface area contributed by atoms with Gasteiger partial charge in [-0.3, -0.25) is 9.59 Å². The van der Waals surface area contributed by atoms with Crippen LogP contribution in [0.3, 0.4) is 0 Å². The Hall–Kier alpha value is -1.37. The number of pyridine rings is 1. The second kappa shape index (κ2) is 5.79. The molecule has 1 aromatic carbocycles. The zero-order valence-corrected chi connectivity index (χ0v) is 14.8. The minimum absolute atomic E-state index is 0.196. The van der Waals surface area contributed by atoms with Crippen LogP contribution < -0.4 is 10.7 Å². The number of fused-ring (bicyclic) bond motifs is 1. The summed E-state index contributed by atoms with van der Waals surface area (Å²) in [6.07, 6.45) is 1.67. The second-order valence-corrected chi connectivity index (χ2v) is 7.18. The monoisotopic (exact) mass is 398 g/mol. The standard InChI is InChI=1S/C16H19IN2O2/c1-5-18-15(21)12-9-19(16(2,3)4)13-7-6-10(17)8-11(13)14(12)20/h6-9H,5H2,1-4H3,(H,18,21). The molecule has 0 fully saturated rings. The number of rotatable bonds is 2. The van der Waals surface area contributed by atoms with Crippen molar-refractivity contribution in [2.24, 2.45) is 0 Å². The quantitative estimate of drug-likeness (QED) is 0.791. The maximum Gasteiger partial charge on any atom is 0.256 e. The van der Waals surface area contributed by atoms with Crippen molar-refractivity contribution in [1.29, 1.82) is 0 Å². The maximum absolute atomic E-state index is 12.6. The lowest BCUT2D eigenvalue weighted by molar-refractivity contribution is 0.0954. The van der Waals surface area contributed by atoms with E-state index in [1.807, 2.05) is 29.7 Å². The summed E-state index contributed by atoms with van der Waals surface area (Å²) in [5.74, 6) is -0.318. The highest BCUT2D eigenvalue weighted by Gasteiger charge is 2.20. The lowest BCUT2D eigenvalue weighted by Gasteiger charge is -2.26. The van der Waals surface area contributed by atoms with E-state index in [9.17, 15) is 9.59 Å². The molecule has 0 saturated heterocycles. The number of carbonyl (C=O) groups is 1. The SMILES string of the molecule is CCNC(=O)c1cn(C(C)(C)C)c2ccc(I)cc2c1=O. The minimum Gasteiger partial charge on any atom is -0.352 e. The minimum atomic E-state index is -0.318. The van der Waals surface area contributed by atoms with Crippen molar-refractivity contribution < 1.29 is 4.79 Å². The molecular formula is C16H19IN2O2. The van der Waals surface area contributed by atoms with E-state index in [0.29, 0.717) is 11.9 Å². The van der Waals surface area contributed by atoms with E-state index in [1.165, 1.54) is 0 Å². The third kappa shape index (κ3) is 3.12. The van der Waals surface area contributed by atoms with Gasteiger partial charge < -0.3 is 9.88 Å². The van der Waals surface area contributed by atoms with E-state index in [1.54, 1.807) is 6.20 Å². The van der Waals surface area contributed by atoms with Crippen LogP contribution in [0.25, 0.3) is 10.9 Å². The van der Waals surface area contributed by atoms with E-state index in [4.69, 9.17) is 0 Å². The molecule has 2 rings (SSSR count). The first-order valence-corrected chi connectivity index (χ1v) is 7.97. The molecule has 1 amide bonds. The van der Waals surface area contributed by atoms with Gasteiger partial charge in [-0.05, 0) is 68.5 Å². The largest absolute Gasteiger partial charge is 0.352 e. The molecule has 0 spiro atoms. The number of nitrogens with one attached hydrogen (secondary N) is 1. The van der Waals surface area contributed by atoms with Gasteiger partial charge in [-0.1, -0.05) is 0 Å². The highest BCUT2D eigenvalue weighted by atomic mass is 127. The molecule has 1 N–H and O–H groups in total. The summed E-state index contributed by atoms with van der Waals surface area (Å²) in [5, 5.41) is 3.29. The first-order valence-electron chi connectivity index (χ1n) is 6.89. The molecule has 112 valence electrons. The lowest BCUT2D eigenvalue weighted by atomic mass is 10.0. The van der Waals surface area contributed by atoms with Gasteiger partial charge in [-0.25, -0.2) is 0 Å². The Balaban J connectivity index is 2.87. The number of benzene rings is 1. The van der Waals surface area contributed by atoms with Gasteiger partial charge in [0.05, 0.1) is 5.52 Å². The fourth-order valence-electron chi connectivity index (χ4n) is 2.28. The lowest BCUT2D eigenvalue weighted by Crippen LogP contribution is -2.32. The summed E-state index contributed by atoms with van der Waals surface area (Å²) in [6.45, 7) is 8.49. The van der Waals surface area contributed by atoms with Gasteiger partial charge in [0.1, 0.15) is 5.56 Å². The Morgan fingerprint density at radius 1 is 1.33 bits per heavy atom. The average Bonchev–Trinajstić information content (AvgIpc) is 2.38. The molecular weight excluding hydrogens is 379 g/mol. The third-order valence-electron chi connectivity index (χ3n) is 3.27. The molecule has 21 heavy (non-hydrogen) atoms. The predicted octanol–water partition coefficient (Wildman–Crippen LogP) is 3.11. The Kier molecular flexibility index (Phi) is 4.41. The van der Waals surface area contributed by atoms with Crippen LogP contribution in [0.15, 0.2) is 29.2 Å². The summed E-state index contributed by atoms with van der Waals surface area (Å²) in [5.41, 5.74) is 0.609. The average molecular weight is 398 g/mol. The van der Waals surface area contributed by atoms with Crippen molar-refractivity contribution in [2.75, 3.05) is 6.54 Å². The summed E-state index contributed by atoms with van der Waals surface area (Å²) >= 11 is 2.17. The molecule has 1 aromatic heterocycles. The Morgan fingerprint density at radius 3 is 2.57 bits per heavy atom. The molecule has 0 aliphatic carbocycles. The number of carbonyl (C=O) groups excluding carboxylic acids is 1. The number of amides is 1. The molecule has 4 nitrogen and oxygen atoms in total. The Labute approximate surface area is 137 Å². The first kappa shape index (κ1) is 16.0. The fourth-order valence-corrected chi connectivity index (χ4v) is 2.77. The van der Waals surface area contributed by atoms with Crippen LogP contribution in [-0.4, -0.2) is 17.0 Å². The number of nitrogens with zero attached hydrogens (tertiary/aromatic N) is 1. The molecule has 0 radical (unpaired) electrons. The molecule has 0 unspecified atom stereocenters. The summed E-state index contributed by atoms with van der Waals surface area (Å²) in [7, 11) is 0. The third-order valence-corrected chi connectivity index (χ3v) is 3.94. The number of hydrogen-bond donors (Lipinski definition) is 1. The first-order chi connectivity index (χ1) is 9.75. The molecule has 1 heterocycles. The molecule has 0 atom stereocenters. The zero-order valence-electron chi connectivity index (χ0n) is 12.7. The topological polar surface area (TPSA) is 51.1 Å². The van der Waals surface area contributed by atoms with Crippen LogP contribution >= 0.6 is 22.6 Å². The van der Waals surface area contributed by atoms with Gasteiger partial charge >= 0.3 is 0 Å². The second-order valence-electron chi connectivity index (χ2n) is 5.93. The molecule has 5 heteroatoms. The van der Waals surface area contributed by atoms with Crippen molar-refractivity contribution in [3.05, 3.63) is 43.8 Å². The van der Waals surface area contributed by atoms with E-state index in [2.05, 4.69) is 48.7 Å². The van der Waals surface area contributed by atoms with Crippen molar-refractivity contribution in [2.45, 2.75) is 33.2 Å². The summed E-state index contributed by atoms with van der Waals surface area (Å²) in [6, 6.07) is 5.74. The Morgan fingerprint density at radius 2 is 2.00 bits per heavy atom. The van der Waals surface area contributed by atoms with Crippen LogP contribution in [-0.2, 0) is 5.54 Å². The van der Waals surface area contributed by atoms with E-state index in [0.717, 1.165) is 9.09 Å². The predicted molar refractivity (Wildman–Crippen MR) is 93.9 cm³/mol. The van der Waals surface area contributed by atoms with Crippen molar-refractivity contribution in [1.82, 2.24) is 9.88 Å². The van der Waals surface area contributed by atoms with Gasteiger partial charge in [0, 0.05) is 27.2 Å². The molecule has 0 bridgehead atoms. The van der Waals surface area contributed by atoms with E-state index in [-0.39, 0.29) is 22.4 Å². The van der Waals surface area contributed by atoms with E-state index < -0.39 is 0 Å². The molecule has 0 saturated carbocycles. The molecule has 0 aliphatic rings. The van der Waals surface area contributed by atoms with Gasteiger partial charge in [-0.2, -0.15) is 0 Å². The van der Waals surface area contributed by atoms with Gasteiger partial charge in [0.15, 0.2) is 0 Å². The van der Waals surface area contributed by atoms with Crippen molar-refractivity contribution >= 4 is 39.4 Å². The smallest absolute Gasteiger partial charge is 0.256 e. The highest BCUT2D eigenvalue weighted by Crippen LogP contribution is 2.22. The zero-order chi connectivity index (χ0) is 15.8. The fraction of sp³-hybridized carbons (Fsp3) is 0.375.